The van der Waals surface area contributed by atoms with Crippen LogP contribution in [-0.2, 0) is 9.59 Å². The van der Waals surface area contributed by atoms with Crippen molar-refractivity contribution in [3.63, 3.8) is 0 Å². The first-order valence-corrected chi connectivity index (χ1v) is 9.05. The van der Waals surface area contributed by atoms with Crippen LogP contribution >= 0.6 is 0 Å². The Balaban J connectivity index is 1.47. The second-order valence-electron chi connectivity index (χ2n) is 7.79. The van der Waals surface area contributed by atoms with E-state index in [1.54, 1.807) is 11.0 Å². The predicted octanol–water partition coefficient (Wildman–Crippen LogP) is 0.323. The van der Waals surface area contributed by atoms with Gasteiger partial charge in [-0.1, -0.05) is 0 Å². The highest BCUT2D eigenvalue weighted by Gasteiger charge is 2.51. The predicted molar refractivity (Wildman–Crippen MR) is 95.2 cm³/mol. The Kier molecular flexibility index (Phi) is 3.89. The number of amides is 1. The number of aromatic nitrogens is 2. The molecule has 1 spiro atoms. The summed E-state index contributed by atoms with van der Waals surface area (Å²) >= 11 is 0. The van der Waals surface area contributed by atoms with Crippen LogP contribution in [0.25, 0.3) is 0 Å². The Morgan fingerprint density at radius 2 is 1.88 bits per heavy atom. The number of carbonyl (C=O) groups is 2. The number of rotatable bonds is 3. The van der Waals surface area contributed by atoms with Crippen molar-refractivity contribution in [3.8, 4) is 0 Å². The zero-order chi connectivity index (χ0) is 18.5. The third-order valence-corrected chi connectivity index (χ3v) is 5.90. The van der Waals surface area contributed by atoms with E-state index < -0.39 is 12.0 Å². The molecule has 26 heavy (non-hydrogen) atoms. The molecule has 4 rings (SSSR count). The van der Waals surface area contributed by atoms with Gasteiger partial charge in [-0.05, 0) is 37.5 Å². The number of hydrogen-bond acceptors (Lipinski definition) is 7. The van der Waals surface area contributed by atoms with Crippen LogP contribution in [0.3, 0.4) is 0 Å². The summed E-state index contributed by atoms with van der Waals surface area (Å²) in [5.41, 5.74) is 11.3. The van der Waals surface area contributed by atoms with E-state index in [1.807, 2.05) is 0 Å². The van der Waals surface area contributed by atoms with Gasteiger partial charge in [-0.2, -0.15) is 9.97 Å². The number of carboxylic acid groups (broad SMARTS) is 1. The molecule has 0 bridgehead atoms. The summed E-state index contributed by atoms with van der Waals surface area (Å²) in [6.07, 6.45) is 3.94. The third kappa shape index (κ3) is 3.02. The van der Waals surface area contributed by atoms with Crippen LogP contribution in [0.4, 0.5) is 17.6 Å². The van der Waals surface area contributed by atoms with Gasteiger partial charge in [0.05, 0.1) is 0 Å². The molecule has 1 atom stereocenters. The van der Waals surface area contributed by atoms with E-state index in [0.717, 1.165) is 38.8 Å². The summed E-state index contributed by atoms with van der Waals surface area (Å²) in [4.78, 5) is 36.1. The highest BCUT2D eigenvalue weighted by atomic mass is 16.4. The topological polar surface area (TPSA) is 139 Å². The van der Waals surface area contributed by atoms with Gasteiger partial charge in [0.15, 0.2) is 0 Å². The molecule has 140 valence electrons. The van der Waals surface area contributed by atoms with Crippen molar-refractivity contribution in [2.24, 2.45) is 11.3 Å². The van der Waals surface area contributed by atoms with Gasteiger partial charge in [0.2, 0.25) is 11.9 Å². The zero-order valence-corrected chi connectivity index (χ0v) is 14.6. The van der Waals surface area contributed by atoms with Crippen LogP contribution in [0.1, 0.15) is 32.1 Å². The molecule has 0 unspecified atom stereocenters. The van der Waals surface area contributed by atoms with Gasteiger partial charge in [-0.25, -0.2) is 4.79 Å². The molecule has 5 N–H and O–H groups in total. The van der Waals surface area contributed by atoms with Crippen LogP contribution in [0.2, 0.25) is 0 Å². The number of likely N-dealkylation sites (tertiary alicyclic amines) is 1. The highest BCUT2D eigenvalue weighted by Crippen LogP contribution is 2.46. The highest BCUT2D eigenvalue weighted by molar-refractivity contribution is 5.87. The Hall–Kier alpha value is -2.58. The molecule has 3 aliphatic rings. The number of nitrogens with zero attached hydrogens (tertiary/aromatic N) is 4. The summed E-state index contributed by atoms with van der Waals surface area (Å²) in [5.74, 6) is 0.347. The number of piperidine rings is 1. The number of carboxylic acids is 1. The van der Waals surface area contributed by atoms with E-state index >= 15 is 0 Å². The van der Waals surface area contributed by atoms with E-state index in [9.17, 15) is 14.7 Å². The molecule has 2 aliphatic heterocycles. The van der Waals surface area contributed by atoms with Gasteiger partial charge < -0.3 is 26.4 Å². The van der Waals surface area contributed by atoms with Gasteiger partial charge in [-0.15, -0.1) is 0 Å². The summed E-state index contributed by atoms with van der Waals surface area (Å²) in [5, 5.41) is 9.59. The molecular formula is C17H24N6O3. The average molecular weight is 360 g/mol. The maximum Gasteiger partial charge on any atom is 0.326 e. The van der Waals surface area contributed by atoms with E-state index in [2.05, 4.69) is 14.9 Å². The molecule has 3 fully saturated rings. The molecule has 1 saturated carbocycles. The quantitative estimate of drug-likeness (QED) is 0.700. The number of nitrogen functional groups attached to an aromatic ring is 2. The van der Waals surface area contributed by atoms with E-state index in [4.69, 9.17) is 11.5 Å². The van der Waals surface area contributed by atoms with Crippen LogP contribution in [0.5, 0.6) is 0 Å². The number of aliphatic carboxylic acids is 1. The first kappa shape index (κ1) is 16.9. The largest absolute Gasteiger partial charge is 0.480 e. The molecule has 0 radical (unpaired) electrons. The molecule has 2 saturated heterocycles. The lowest BCUT2D eigenvalue weighted by molar-refractivity contribution is -0.148. The number of nitrogens with two attached hydrogens (primary N) is 2. The summed E-state index contributed by atoms with van der Waals surface area (Å²) in [7, 11) is 0. The van der Waals surface area contributed by atoms with Crippen LogP contribution in [0, 0.1) is 11.3 Å². The van der Waals surface area contributed by atoms with Crippen LogP contribution < -0.4 is 16.4 Å². The lowest BCUT2D eigenvalue weighted by Crippen LogP contribution is -2.43. The minimum atomic E-state index is -0.894. The number of anilines is 3. The molecular weight excluding hydrogens is 336 g/mol. The molecule has 0 aromatic carbocycles. The fraction of sp³-hybridized carbons (Fsp3) is 0.647. The van der Waals surface area contributed by atoms with E-state index in [-0.39, 0.29) is 23.2 Å². The van der Waals surface area contributed by atoms with Gasteiger partial charge >= 0.3 is 5.97 Å². The fourth-order valence-electron chi connectivity index (χ4n) is 4.28. The van der Waals surface area contributed by atoms with Crippen molar-refractivity contribution in [1.29, 1.82) is 0 Å². The maximum atomic E-state index is 12.5. The van der Waals surface area contributed by atoms with Crippen molar-refractivity contribution in [2.75, 3.05) is 36.0 Å². The van der Waals surface area contributed by atoms with Crippen molar-refractivity contribution < 1.29 is 14.7 Å². The second kappa shape index (κ2) is 6.00. The normalized spacial score (nSPS) is 24.8. The van der Waals surface area contributed by atoms with E-state index in [1.165, 1.54) is 0 Å². The smallest absolute Gasteiger partial charge is 0.326 e. The lowest BCUT2D eigenvalue weighted by Gasteiger charge is -2.39. The lowest BCUT2D eigenvalue weighted by atomic mass is 9.76. The zero-order valence-electron chi connectivity index (χ0n) is 14.6. The first-order chi connectivity index (χ1) is 12.4. The van der Waals surface area contributed by atoms with E-state index in [0.29, 0.717) is 24.6 Å². The molecule has 1 aliphatic carbocycles. The monoisotopic (exact) mass is 360 g/mol. The number of carbonyl (C=O) groups excluding carboxylic acids is 1. The molecule has 1 amide bonds. The Bertz CT molecular complexity index is 722. The van der Waals surface area contributed by atoms with Crippen molar-refractivity contribution in [1.82, 2.24) is 14.9 Å². The molecule has 9 heteroatoms. The summed E-state index contributed by atoms with van der Waals surface area (Å²) in [6, 6.07) is 1.01. The Morgan fingerprint density at radius 1 is 1.19 bits per heavy atom. The summed E-state index contributed by atoms with van der Waals surface area (Å²) in [6.45, 7) is 2.00. The van der Waals surface area contributed by atoms with Crippen molar-refractivity contribution in [2.45, 2.75) is 38.1 Å². The Labute approximate surface area is 151 Å². The maximum absolute atomic E-state index is 12.5. The standard InChI is InChI=1S/C17H24N6O3/c18-12-7-13(21-16(19)20-12)22-5-3-17(4-6-22)8-11(15(25)26)23(9-17)14(24)10-1-2-10/h7,10-11H,1-6,8-9H2,(H,25,26)(H4,18,19,20,21)/t11-/m0/s1. The van der Waals surface area contributed by atoms with Gasteiger partial charge in [0.1, 0.15) is 17.7 Å². The fourth-order valence-corrected chi connectivity index (χ4v) is 4.28. The second-order valence-corrected chi connectivity index (χ2v) is 7.79. The summed E-state index contributed by atoms with van der Waals surface area (Å²) < 4.78 is 0. The average Bonchev–Trinajstić information content (AvgIpc) is 3.36. The Morgan fingerprint density at radius 3 is 2.46 bits per heavy atom. The van der Waals surface area contributed by atoms with Crippen molar-refractivity contribution in [3.05, 3.63) is 6.07 Å². The molecule has 3 heterocycles. The van der Waals surface area contributed by atoms with Gasteiger partial charge in [-0.3, -0.25) is 4.79 Å². The minimum absolute atomic E-state index is 0.0213. The SMILES string of the molecule is Nc1cc(N2CCC3(CC2)C[C@@H](C(=O)O)N(C(=O)C2CC2)C3)nc(N)n1. The van der Waals surface area contributed by atoms with Gasteiger partial charge in [0.25, 0.3) is 0 Å². The molecule has 1 aromatic rings. The molecule has 9 nitrogen and oxygen atoms in total. The van der Waals surface area contributed by atoms with Gasteiger partial charge in [0, 0.05) is 31.6 Å². The van der Waals surface area contributed by atoms with Crippen molar-refractivity contribution >= 4 is 29.5 Å². The van der Waals surface area contributed by atoms with Crippen LogP contribution in [-0.4, -0.2) is 57.5 Å². The number of hydrogen-bond donors (Lipinski definition) is 3. The third-order valence-electron chi connectivity index (χ3n) is 5.90. The first-order valence-electron chi connectivity index (χ1n) is 9.05. The van der Waals surface area contributed by atoms with Crippen LogP contribution in [0.15, 0.2) is 6.07 Å². The minimum Gasteiger partial charge on any atom is -0.480 e. The molecule has 1 aromatic heterocycles.